The summed E-state index contributed by atoms with van der Waals surface area (Å²) in [5.74, 6) is 0.808. The quantitative estimate of drug-likeness (QED) is 0.571. The van der Waals surface area contributed by atoms with Crippen LogP contribution < -0.4 is 10.2 Å². The molecule has 27 heavy (non-hydrogen) atoms. The van der Waals surface area contributed by atoms with Gasteiger partial charge >= 0.3 is 0 Å². The van der Waals surface area contributed by atoms with Crippen molar-refractivity contribution in [3.63, 3.8) is 0 Å². The molecule has 146 valence electrons. The van der Waals surface area contributed by atoms with E-state index >= 15 is 0 Å². The Labute approximate surface area is 162 Å². The molecular weight excluding hydrogens is 338 g/mol. The molecule has 2 aromatic rings. The topological polar surface area (TPSA) is 55.6 Å². The summed E-state index contributed by atoms with van der Waals surface area (Å²) in [5.41, 5.74) is 8.07. The van der Waals surface area contributed by atoms with Gasteiger partial charge in [0.05, 0.1) is 6.21 Å². The van der Waals surface area contributed by atoms with Crippen LogP contribution in [0.2, 0.25) is 0 Å². The van der Waals surface area contributed by atoms with Crippen LogP contribution in [0, 0.1) is 20.8 Å². The molecule has 1 amide bonds. The Kier molecular flexibility index (Phi) is 6.83. The van der Waals surface area contributed by atoms with Crippen LogP contribution in [0.25, 0.3) is 0 Å². The van der Waals surface area contributed by atoms with E-state index in [1.165, 1.54) is 5.69 Å². The normalized spacial score (nSPS) is 11.6. The maximum atomic E-state index is 12.1. The lowest BCUT2D eigenvalue weighted by Crippen LogP contribution is -2.25. The van der Waals surface area contributed by atoms with Gasteiger partial charge in [0.1, 0.15) is 5.75 Å². The summed E-state index contributed by atoms with van der Waals surface area (Å²) < 4.78 is 7.98. The molecule has 1 heterocycles. The van der Waals surface area contributed by atoms with Crippen LogP contribution in [0.15, 0.2) is 29.4 Å². The van der Waals surface area contributed by atoms with E-state index in [4.69, 9.17) is 4.74 Å². The van der Waals surface area contributed by atoms with Gasteiger partial charge in [0, 0.05) is 23.0 Å². The average molecular weight is 370 g/mol. The number of hydrazone groups is 1. The molecule has 0 aliphatic rings. The highest BCUT2D eigenvalue weighted by Crippen LogP contribution is 2.27. The summed E-state index contributed by atoms with van der Waals surface area (Å²) >= 11 is 0. The van der Waals surface area contributed by atoms with E-state index in [2.05, 4.69) is 74.8 Å². The maximum absolute atomic E-state index is 12.1. The van der Waals surface area contributed by atoms with Gasteiger partial charge in [-0.2, -0.15) is 5.10 Å². The molecule has 0 radical (unpaired) electrons. The molecule has 0 atom stereocenters. The molecule has 5 heteroatoms. The number of aryl methyl sites for hydroxylation is 2. The van der Waals surface area contributed by atoms with E-state index in [1.807, 2.05) is 13.0 Å². The molecule has 0 fully saturated rings. The van der Waals surface area contributed by atoms with E-state index < -0.39 is 0 Å². The predicted octanol–water partition coefficient (Wildman–Crippen LogP) is 4.65. The number of hydrogen-bond donors (Lipinski definition) is 1. The number of nitrogens with zero attached hydrogens (tertiary/aromatic N) is 2. The van der Waals surface area contributed by atoms with Crippen molar-refractivity contribution in [3.05, 3.63) is 52.3 Å². The predicted molar refractivity (Wildman–Crippen MR) is 111 cm³/mol. The summed E-state index contributed by atoms with van der Waals surface area (Å²) in [4.78, 5) is 12.1. The minimum absolute atomic E-state index is 0.0640. The Morgan fingerprint density at radius 2 is 1.89 bits per heavy atom. The van der Waals surface area contributed by atoms with Crippen molar-refractivity contribution in [3.8, 4) is 5.75 Å². The van der Waals surface area contributed by atoms with Crippen LogP contribution in [0.3, 0.4) is 0 Å². The van der Waals surface area contributed by atoms with Gasteiger partial charge in [0.15, 0.2) is 6.61 Å². The summed E-state index contributed by atoms with van der Waals surface area (Å²) in [5, 5.41) is 4.09. The highest BCUT2D eigenvalue weighted by atomic mass is 16.5. The number of aromatic nitrogens is 1. The van der Waals surface area contributed by atoms with Gasteiger partial charge in [-0.15, -0.1) is 0 Å². The van der Waals surface area contributed by atoms with E-state index in [0.29, 0.717) is 12.0 Å². The Morgan fingerprint density at radius 1 is 1.19 bits per heavy atom. The fraction of sp³-hybridized carbons (Fsp3) is 0.455. The number of benzene rings is 1. The third kappa shape index (κ3) is 5.22. The number of nitrogens with one attached hydrogen (secondary N) is 1. The second-order valence-electron chi connectivity index (χ2n) is 7.57. The van der Waals surface area contributed by atoms with Gasteiger partial charge in [-0.3, -0.25) is 4.79 Å². The third-order valence-corrected chi connectivity index (χ3v) is 4.58. The lowest BCUT2D eigenvalue weighted by atomic mass is 10.0. The molecule has 1 N–H and O–H groups in total. The first-order chi connectivity index (χ1) is 12.7. The molecule has 0 aliphatic carbocycles. The molecule has 0 spiro atoms. The first-order valence-electron chi connectivity index (χ1n) is 9.44. The molecule has 0 saturated carbocycles. The lowest BCUT2D eigenvalue weighted by Gasteiger charge is -2.14. The van der Waals surface area contributed by atoms with Gasteiger partial charge in [-0.25, -0.2) is 5.43 Å². The van der Waals surface area contributed by atoms with E-state index in [0.717, 1.165) is 28.1 Å². The number of ether oxygens (including phenoxy) is 1. The highest BCUT2D eigenvalue weighted by Gasteiger charge is 2.11. The largest absolute Gasteiger partial charge is 0.483 e. The molecule has 0 unspecified atom stereocenters. The molecular formula is C22H31N3O2. The lowest BCUT2D eigenvalue weighted by molar-refractivity contribution is -0.123. The Balaban J connectivity index is 1.97. The van der Waals surface area contributed by atoms with Crippen LogP contribution in [0.1, 0.15) is 67.7 Å². The van der Waals surface area contributed by atoms with Gasteiger partial charge < -0.3 is 9.30 Å². The molecule has 1 aromatic carbocycles. The zero-order valence-corrected chi connectivity index (χ0v) is 17.5. The first kappa shape index (κ1) is 20.7. The summed E-state index contributed by atoms with van der Waals surface area (Å²) in [6, 6.07) is 8.53. The number of carbonyl (C=O) groups is 1. The van der Waals surface area contributed by atoms with Gasteiger partial charge in [-0.05, 0) is 63.8 Å². The van der Waals surface area contributed by atoms with Crippen molar-refractivity contribution in [2.24, 2.45) is 5.10 Å². The summed E-state index contributed by atoms with van der Waals surface area (Å²) in [6.45, 7) is 14.6. The maximum Gasteiger partial charge on any atom is 0.277 e. The van der Waals surface area contributed by atoms with Crippen molar-refractivity contribution in [2.45, 2.75) is 60.4 Å². The standard InChI is InChI=1S/C22H31N3O2/c1-14(2)20-9-8-16(5)10-21(20)27-13-22(26)24-23-12-19-11-17(6)25(15(3)4)18(19)7/h8-12,14-15H,13H2,1-7H3,(H,24,26)/b23-12-. The van der Waals surface area contributed by atoms with E-state index in [1.54, 1.807) is 6.21 Å². The Bertz CT molecular complexity index is 832. The molecule has 1 aromatic heterocycles. The van der Waals surface area contributed by atoms with Crippen molar-refractivity contribution >= 4 is 12.1 Å². The smallest absolute Gasteiger partial charge is 0.277 e. The summed E-state index contributed by atoms with van der Waals surface area (Å²) in [6.07, 6.45) is 1.69. The molecule has 0 aliphatic heterocycles. The average Bonchev–Trinajstić information content (AvgIpc) is 2.86. The first-order valence-corrected chi connectivity index (χ1v) is 9.44. The molecule has 0 bridgehead atoms. The summed E-state index contributed by atoms with van der Waals surface area (Å²) in [7, 11) is 0. The number of hydrogen-bond acceptors (Lipinski definition) is 3. The van der Waals surface area contributed by atoms with Crippen LogP contribution in [0.4, 0.5) is 0 Å². The van der Waals surface area contributed by atoms with Crippen molar-refractivity contribution in [1.82, 2.24) is 9.99 Å². The highest BCUT2D eigenvalue weighted by molar-refractivity contribution is 5.84. The Hall–Kier alpha value is -2.56. The molecule has 0 saturated heterocycles. The fourth-order valence-electron chi connectivity index (χ4n) is 3.32. The second-order valence-corrected chi connectivity index (χ2v) is 7.57. The fourth-order valence-corrected chi connectivity index (χ4v) is 3.32. The van der Waals surface area contributed by atoms with Gasteiger partial charge in [0.2, 0.25) is 0 Å². The second kappa shape index (κ2) is 8.89. The van der Waals surface area contributed by atoms with Crippen LogP contribution in [-0.2, 0) is 4.79 Å². The molecule has 2 rings (SSSR count). The zero-order chi connectivity index (χ0) is 20.1. The third-order valence-electron chi connectivity index (χ3n) is 4.58. The van der Waals surface area contributed by atoms with Crippen LogP contribution in [-0.4, -0.2) is 23.3 Å². The number of rotatable bonds is 7. The van der Waals surface area contributed by atoms with Crippen LogP contribution >= 0.6 is 0 Å². The SMILES string of the molecule is Cc1ccc(C(C)C)c(OCC(=O)N/N=C\c2cc(C)n(C(C)C)c2C)c1. The van der Waals surface area contributed by atoms with Crippen molar-refractivity contribution in [2.75, 3.05) is 6.61 Å². The molecule has 5 nitrogen and oxygen atoms in total. The van der Waals surface area contributed by atoms with Crippen LogP contribution in [0.5, 0.6) is 5.75 Å². The minimum Gasteiger partial charge on any atom is -0.483 e. The number of amides is 1. The van der Waals surface area contributed by atoms with E-state index in [9.17, 15) is 4.79 Å². The van der Waals surface area contributed by atoms with Gasteiger partial charge in [0.25, 0.3) is 5.91 Å². The van der Waals surface area contributed by atoms with Crippen molar-refractivity contribution < 1.29 is 9.53 Å². The van der Waals surface area contributed by atoms with E-state index in [-0.39, 0.29) is 12.5 Å². The number of carbonyl (C=O) groups excluding carboxylic acids is 1. The van der Waals surface area contributed by atoms with Gasteiger partial charge in [-0.1, -0.05) is 26.0 Å². The monoisotopic (exact) mass is 369 g/mol. The zero-order valence-electron chi connectivity index (χ0n) is 17.5. The minimum atomic E-state index is -0.278. The Morgan fingerprint density at radius 3 is 2.48 bits per heavy atom. The van der Waals surface area contributed by atoms with Crippen molar-refractivity contribution in [1.29, 1.82) is 0 Å².